The lowest BCUT2D eigenvalue weighted by Crippen LogP contribution is -2.12. The maximum Gasteiger partial charge on any atom is 0.453 e. The molecule has 0 aliphatic rings. The molecule has 0 unspecified atom stereocenters. The van der Waals surface area contributed by atoms with Crippen molar-refractivity contribution in [2.24, 2.45) is 0 Å². The normalized spacial score (nSPS) is 7.38. The Hall–Kier alpha value is -0.110. The van der Waals surface area contributed by atoms with Gasteiger partial charge in [0.1, 0.15) is 6.79 Å². The van der Waals surface area contributed by atoms with Gasteiger partial charge in [-0.3, -0.25) is 0 Å². The summed E-state index contributed by atoms with van der Waals surface area (Å²) < 4.78 is 9.35. The minimum absolute atomic E-state index is 0.0648. The molecule has 0 heterocycles. The van der Waals surface area contributed by atoms with Crippen LogP contribution in [0.3, 0.4) is 0 Å². The molecule has 0 fully saturated rings. The van der Waals surface area contributed by atoms with Gasteiger partial charge in [0.25, 0.3) is 0 Å². The number of hydrogen-bond donors (Lipinski definition) is 4. The number of aliphatic hydroxyl groups is 2. The fourth-order valence-electron chi connectivity index (χ4n) is 0.0962. The highest BCUT2D eigenvalue weighted by atomic mass is 16.6. The third kappa shape index (κ3) is 76.9. The molecule has 13 heavy (non-hydrogen) atoms. The van der Waals surface area contributed by atoms with Crippen molar-refractivity contribution in [2.45, 2.75) is 13.6 Å². The first-order valence-corrected chi connectivity index (χ1v) is 3.59. The molecule has 0 amide bonds. The van der Waals surface area contributed by atoms with E-state index in [4.69, 9.17) is 20.3 Å². The molecule has 0 atom stereocenters. The van der Waals surface area contributed by atoms with Crippen LogP contribution in [0.1, 0.15) is 0 Å². The Labute approximate surface area is 79.4 Å². The van der Waals surface area contributed by atoms with Crippen molar-refractivity contribution in [3.8, 4) is 0 Å². The Bertz CT molecular complexity index is 67.3. The molecule has 0 bridgehead atoms. The van der Waals surface area contributed by atoms with Crippen LogP contribution >= 0.6 is 0 Å². The highest BCUT2D eigenvalue weighted by Crippen LogP contribution is 1.77. The van der Waals surface area contributed by atoms with Gasteiger partial charge >= 0.3 is 14.2 Å². The number of hydrogen-bond acceptors (Lipinski definition) is 6. The molecular weight excluding hydrogens is 178 g/mol. The molecule has 0 rings (SSSR count). The molecule has 0 aromatic carbocycles. The van der Waals surface area contributed by atoms with Crippen LogP contribution < -0.4 is 0 Å². The van der Waals surface area contributed by atoms with Crippen molar-refractivity contribution in [3.63, 3.8) is 0 Å². The summed E-state index contributed by atoms with van der Waals surface area (Å²) in [6.07, 6.45) is 0. The summed E-state index contributed by atoms with van der Waals surface area (Å²) >= 11 is 0. The van der Waals surface area contributed by atoms with Gasteiger partial charge in [-0.2, -0.15) is 0 Å². The van der Waals surface area contributed by atoms with Crippen LogP contribution in [0.2, 0.25) is 13.6 Å². The average Bonchev–Trinajstić information content (AvgIpc) is 2.03. The highest BCUT2D eigenvalue weighted by molar-refractivity contribution is 6.42. The maximum atomic E-state index is 7.61. The van der Waals surface area contributed by atoms with Crippen molar-refractivity contribution < 1.29 is 29.6 Å². The van der Waals surface area contributed by atoms with Gasteiger partial charge in [-0.1, -0.05) is 0 Å². The van der Waals surface area contributed by atoms with Crippen molar-refractivity contribution in [3.05, 3.63) is 0 Å². The zero-order chi connectivity index (χ0) is 11.3. The Kier molecular flexibility index (Phi) is 25.6. The molecule has 6 nitrogen and oxygen atoms in total. The SMILES string of the molecule is CB(O)O.COB(C)OC.OCO. The molecule has 0 aliphatic heterocycles. The van der Waals surface area contributed by atoms with Crippen LogP contribution in [-0.4, -0.2) is 55.5 Å². The minimum atomic E-state index is -1.17. The average molecular weight is 196 g/mol. The van der Waals surface area contributed by atoms with E-state index >= 15 is 0 Å². The van der Waals surface area contributed by atoms with Crippen molar-refractivity contribution in [1.29, 1.82) is 0 Å². The third-order valence-electron chi connectivity index (χ3n) is 0.664. The molecule has 80 valence electrons. The van der Waals surface area contributed by atoms with Crippen LogP contribution in [-0.2, 0) is 9.31 Å². The van der Waals surface area contributed by atoms with E-state index in [-0.39, 0.29) is 7.12 Å². The molecule has 8 heteroatoms. The summed E-state index contributed by atoms with van der Waals surface area (Å²) in [6, 6.07) is 0. The van der Waals surface area contributed by atoms with Crippen LogP contribution in [0.25, 0.3) is 0 Å². The van der Waals surface area contributed by atoms with Crippen LogP contribution in [0.15, 0.2) is 0 Å². The van der Waals surface area contributed by atoms with Crippen molar-refractivity contribution in [1.82, 2.24) is 0 Å². The van der Waals surface area contributed by atoms with Gasteiger partial charge in [0.2, 0.25) is 0 Å². The van der Waals surface area contributed by atoms with E-state index < -0.39 is 13.9 Å². The Morgan fingerprint density at radius 2 is 1.15 bits per heavy atom. The molecule has 0 aromatic heterocycles. The second kappa shape index (κ2) is 17.8. The molecule has 0 radical (unpaired) electrons. The van der Waals surface area contributed by atoms with E-state index in [9.17, 15) is 0 Å². The van der Waals surface area contributed by atoms with E-state index in [1.165, 1.54) is 6.82 Å². The quantitative estimate of drug-likeness (QED) is 0.314. The molecule has 0 aromatic rings. The Morgan fingerprint density at radius 3 is 1.15 bits per heavy atom. The van der Waals surface area contributed by atoms with Crippen molar-refractivity contribution in [2.75, 3.05) is 21.0 Å². The Balaban J connectivity index is -0.000000125. The summed E-state index contributed by atoms with van der Waals surface area (Å²) in [6.45, 7) is 2.36. The lowest BCUT2D eigenvalue weighted by molar-refractivity contribution is 0.0773. The highest BCUT2D eigenvalue weighted by Gasteiger charge is 2.00. The molecule has 0 saturated carbocycles. The van der Waals surface area contributed by atoms with E-state index in [1.54, 1.807) is 14.2 Å². The summed E-state index contributed by atoms with van der Waals surface area (Å²) in [5, 5.41) is 29.5. The zero-order valence-corrected chi connectivity index (χ0v) is 8.47. The molecule has 4 N–H and O–H groups in total. The zero-order valence-electron chi connectivity index (χ0n) is 8.47. The standard InChI is InChI=1S/C3H9BO2.CH5BO2.CH4O2/c1-4(5-2)6-3;1-2(3)4;2-1-3/h1-3H3;3-4H,1H3;2-3H,1H2. The first-order valence-electron chi connectivity index (χ1n) is 3.59. The third-order valence-corrected chi connectivity index (χ3v) is 0.664. The van der Waals surface area contributed by atoms with Gasteiger partial charge in [-0.25, -0.2) is 0 Å². The Morgan fingerprint density at radius 1 is 1.00 bits per heavy atom. The predicted molar refractivity (Wildman–Crippen MR) is 51.0 cm³/mol. The van der Waals surface area contributed by atoms with E-state index in [0.29, 0.717) is 0 Å². The van der Waals surface area contributed by atoms with Crippen LogP contribution in [0, 0.1) is 0 Å². The first-order chi connectivity index (χ1) is 5.95. The molecular formula is C5H18B2O6. The monoisotopic (exact) mass is 196 g/mol. The van der Waals surface area contributed by atoms with Gasteiger partial charge in [-0.15, -0.1) is 0 Å². The number of aliphatic hydroxyl groups excluding tert-OH is 1. The fourth-order valence-corrected chi connectivity index (χ4v) is 0.0962. The molecule has 0 spiro atoms. The van der Waals surface area contributed by atoms with E-state index in [1.807, 2.05) is 6.82 Å². The van der Waals surface area contributed by atoms with E-state index in [0.717, 1.165) is 0 Å². The topological polar surface area (TPSA) is 99.4 Å². The lowest BCUT2D eigenvalue weighted by atomic mass is 9.96. The summed E-state index contributed by atoms with van der Waals surface area (Å²) in [5.74, 6) is 0. The summed E-state index contributed by atoms with van der Waals surface area (Å²) in [5.41, 5.74) is 0. The van der Waals surface area contributed by atoms with Crippen LogP contribution in [0.5, 0.6) is 0 Å². The smallest absolute Gasteiger partial charge is 0.427 e. The van der Waals surface area contributed by atoms with Crippen molar-refractivity contribution >= 4 is 14.2 Å². The second-order valence-corrected chi connectivity index (χ2v) is 1.81. The molecule has 0 saturated heterocycles. The predicted octanol–water partition coefficient (Wildman–Crippen LogP) is -1.59. The maximum absolute atomic E-state index is 7.61. The summed E-state index contributed by atoms with van der Waals surface area (Å²) in [4.78, 5) is 0. The van der Waals surface area contributed by atoms with Gasteiger partial charge in [-0.05, 0) is 13.6 Å². The first kappa shape index (κ1) is 18.6. The van der Waals surface area contributed by atoms with Gasteiger partial charge in [0, 0.05) is 14.2 Å². The second-order valence-electron chi connectivity index (χ2n) is 1.81. The lowest BCUT2D eigenvalue weighted by Gasteiger charge is -1.97. The summed E-state index contributed by atoms with van der Waals surface area (Å²) in [7, 11) is 1.98. The van der Waals surface area contributed by atoms with Gasteiger partial charge in [0.15, 0.2) is 0 Å². The molecule has 0 aliphatic carbocycles. The van der Waals surface area contributed by atoms with E-state index in [2.05, 4.69) is 9.31 Å². The largest absolute Gasteiger partial charge is 0.453 e. The van der Waals surface area contributed by atoms with Crippen LogP contribution in [0.4, 0.5) is 0 Å². The van der Waals surface area contributed by atoms with Gasteiger partial charge < -0.3 is 29.6 Å². The minimum Gasteiger partial charge on any atom is -0.427 e. The number of rotatable bonds is 2. The van der Waals surface area contributed by atoms with Gasteiger partial charge in [0.05, 0.1) is 0 Å². The fraction of sp³-hybridized carbons (Fsp3) is 1.00.